The maximum absolute atomic E-state index is 12.5. The van der Waals surface area contributed by atoms with Crippen molar-refractivity contribution in [3.63, 3.8) is 0 Å². The second-order valence-electron chi connectivity index (χ2n) is 7.69. The van der Waals surface area contributed by atoms with Gasteiger partial charge in [-0.2, -0.15) is 0 Å². The summed E-state index contributed by atoms with van der Waals surface area (Å²) in [7, 11) is 1.65. The molecular weight excluding hydrogens is 398 g/mol. The molecule has 1 aliphatic rings. The van der Waals surface area contributed by atoms with E-state index in [1.54, 1.807) is 24.8 Å². The quantitative estimate of drug-likeness (QED) is 0.548. The van der Waals surface area contributed by atoms with E-state index in [1.165, 1.54) is 10.4 Å². The zero-order valence-corrected chi connectivity index (χ0v) is 18.5. The van der Waals surface area contributed by atoms with Gasteiger partial charge in [0, 0.05) is 24.4 Å². The van der Waals surface area contributed by atoms with Crippen molar-refractivity contribution in [2.75, 3.05) is 31.7 Å². The number of piperidine rings is 1. The molecule has 1 aliphatic heterocycles. The van der Waals surface area contributed by atoms with Gasteiger partial charge in [-0.25, -0.2) is 9.97 Å². The molecule has 6 nitrogen and oxygen atoms in total. The number of nitrogens with zero attached hydrogens (tertiary/aromatic N) is 3. The molecule has 3 aromatic rings. The second-order valence-corrected chi connectivity index (χ2v) is 8.89. The molecule has 0 unspecified atom stereocenters. The number of benzene rings is 1. The number of esters is 1. The normalized spacial score (nSPS) is 14.8. The zero-order valence-electron chi connectivity index (χ0n) is 17.7. The van der Waals surface area contributed by atoms with Crippen LogP contribution < -0.4 is 9.64 Å². The number of rotatable bonds is 6. The van der Waals surface area contributed by atoms with Crippen LogP contribution in [-0.4, -0.2) is 42.7 Å². The Balaban J connectivity index is 1.30. The summed E-state index contributed by atoms with van der Waals surface area (Å²) < 4.78 is 10.7. The number of anilines is 1. The number of thiophene rings is 1. The van der Waals surface area contributed by atoms with E-state index in [1.807, 2.05) is 24.3 Å². The summed E-state index contributed by atoms with van der Waals surface area (Å²) in [4.78, 5) is 26.1. The summed E-state index contributed by atoms with van der Waals surface area (Å²) in [5.41, 5.74) is 2.39. The van der Waals surface area contributed by atoms with Gasteiger partial charge in [-0.05, 0) is 49.9 Å². The largest absolute Gasteiger partial charge is 0.497 e. The number of carbonyl (C=O) groups excluding carboxylic acids is 1. The molecule has 0 atom stereocenters. The number of ether oxygens (including phenoxy) is 2. The first-order valence-electron chi connectivity index (χ1n) is 10.3. The molecule has 0 amide bonds. The lowest BCUT2D eigenvalue weighted by atomic mass is 9.96. The zero-order chi connectivity index (χ0) is 21.1. The van der Waals surface area contributed by atoms with Crippen LogP contribution in [0, 0.1) is 19.8 Å². The molecule has 0 aliphatic carbocycles. The first-order chi connectivity index (χ1) is 14.6. The lowest BCUT2D eigenvalue weighted by Crippen LogP contribution is -2.37. The first-order valence-corrected chi connectivity index (χ1v) is 11.1. The fourth-order valence-electron chi connectivity index (χ4n) is 3.91. The molecule has 0 N–H and O–H groups in total. The fourth-order valence-corrected chi connectivity index (χ4v) is 4.90. The van der Waals surface area contributed by atoms with Crippen LogP contribution in [0.2, 0.25) is 0 Å². The lowest BCUT2D eigenvalue weighted by Gasteiger charge is -2.32. The van der Waals surface area contributed by atoms with Crippen LogP contribution in [0.3, 0.4) is 0 Å². The van der Waals surface area contributed by atoms with Crippen molar-refractivity contribution in [2.45, 2.75) is 33.1 Å². The van der Waals surface area contributed by atoms with Crippen molar-refractivity contribution in [1.29, 1.82) is 0 Å². The van der Waals surface area contributed by atoms with Crippen molar-refractivity contribution in [1.82, 2.24) is 9.97 Å². The Bertz CT molecular complexity index is 1020. The Morgan fingerprint density at radius 1 is 1.17 bits per heavy atom. The maximum Gasteiger partial charge on any atom is 0.309 e. The van der Waals surface area contributed by atoms with E-state index < -0.39 is 0 Å². The Hall–Kier alpha value is -2.67. The summed E-state index contributed by atoms with van der Waals surface area (Å²) in [6.07, 6.45) is 3.93. The van der Waals surface area contributed by atoms with E-state index in [-0.39, 0.29) is 11.9 Å². The monoisotopic (exact) mass is 425 g/mol. The predicted octanol–water partition coefficient (Wildman–Crippen LogP) is 4.32. The number of methoxy groups -OCH3 is 1. The highest BCUT2D eigenvalue weighted by atomic mass is 32.1. The highest BCUT2D eigenvalue weighted by Crippen LogP contribution is 2.35. The fraction of sp³-hybridized carbons (Fsp3) is 0.435. The van der Waals surface area contributed by atoms with Gasteiger partial charge in [0.1, 0.15) is 22.7 Å². The van der Waals surface area contributed by atoms with Gasteiger partial charge in [0.05, 0.1) is 25.0 Å². The summed E-state index contributed by atoms with van der Waals surface area (Å²) >= 11 is 1.71. The van der Waals surface area contributed by atoms with Crippen molar-refractivity contribution in [3.8, 4) is 5.75 Å². The molecule has 1 aromatic carbocycles. The molecule has 0 bridgehead atoms. The lowest BCUT2D eigenvalue weighted by molar-refractivity contribution is -0.149. The summed E-state index contributed by atoms with van der Waals surface area (Å²) in [6.45, 7) is 6.27. The molecule has 0 radical (unpaired) electrons. The van der Waals surface area contributed by atoms with E-state index in [9.17, 15) is 4.79 Å². The molecule has 158 valence electrons. The van der Waals surface area contributed by atoms with Crippen molar-refractivity contribution in [3.05, 3.63) is 46.6 Å². The third-order valence-corrected chi connectivity index (χ3v) is 6.98. The number of hydrogen-bond acceptors (Lipinski definition) is 7. The van der Waals surface area contributed by atoms with Gasteiger partial charge in [-0.15, -0.1) is 11.3 Å². The maximum atomic E-state index is 12.5. The highest BCUT2D eigenvalue weighted by Gasteiger charge is 2.28. The number of fused-ring (bicyclic) bond motifs is 1. The number of hydrogen-bond donors (Lipinski definition) is 0. The molecule has 4 rings (SSSR count). The molecule has 1 saturated heterocycles. The Morgan fingerprint density at radius 3 is 2.60 bits per heavy atom. The summed E-state index contributed by atoms with van der Waals surface area (Å²) in [6, 6.07) is 7.85. The molecule has 30 heavy (non-hydrogen) atoms. The van der Waals surface area contributed by atoms with E-state index in [0.717, 1.165) is 53.3 Å². The standard InChI is InChI=1S/C23H27N3O3S/c1-15-16(2)30-22-20(15)21(24-14-25-22)26-11-8-18(9-12-26)23(27)29-13-10-17-4-6-19(28-3)7-5-17/h4-7,14,18H,8-13H2,1-3H3. The van der Waals surface area contributed by atoms with Crippen LogP contribution in [0.5, 0.6) is 5.75 Å². The van der Waals surface area contributed by atoms with Gasteiger partial charge in [0.15, 0.2) is 0 Å². The Labute approximate surface area is 180 Å². The van der Waals surface area contributed by atoms with E-state index in [2.05, 4.69) is 28.7 Å². The van der Waals surface area contributed by atoms with Crippen LogP contribution in [0.25, 0.3) is 10.2 Å². The van der Waals surface area contributed by atoms with Gasteiger partial charge >= 0.3 is 5.97 Å². The van der Waals surface area contributed by atoms with Gasteiger partial charge < -0.3 is 14.4 Å². The third kappa shape index (κ3) is 4.26. The van der Waals surface area contributed by atoms with Crippen LogP contribution >= 0.6 is 11.3 Å². The van der Waals surface area contributed by atoms with E-state index in [4.69, 9.17) is 9.47 Å². The number of aryl methyl sites for hydroxylation is 2. The molecular formula is C23H27N3O3S. The SMILES string of the molecule is COc1ccc(CCOC(=O)C2CCN(c3ncnc4sc(C)c(C)c34)CC2)cc1. The Kier molecular flexibility index (Phi) is 6.18. The van der Waals surface area contributed by atoms with Crippen molar-refractivity contribution >= 4 is 33.3 Å². The third-order valence-electron chi connectivity index (χ3n) is 5.87. The second kappa shape index (κ2) is 9.00. The molecule has 1 fully saturated rings. The number of aromatic nitrogens is 2. The minimum atomic E-state index is -0.0847. The molecule has 0 saturated carbocycles. The molecule has 7 heteroatoms. The van der Waals surface area contributed by atoms with Crippen LogP contribution in [0.15, 0.2) is 30.6 Å². The smallest absolute Gasteiger partial charge is 0.309 e. The van der Waals surface area contributed by atoms with Crippen LogP contribution in [0.4, 0.5) is 5.82 Å². The average molecular weight is 426 g/mol. The molecule has 2 aromatic heterocycles. The van der Waals surface area contributed by atoms with Gasteiger partial charge in [0.2, 0.25) is 0 Å². The van der Waals surface area contributed by atoms with Crippen LogP contribution in [0.1, 0.15) is 28.8 Å². The van der Waals surface area contributed by atoms with E-state index >= 15 is 0 Å². The molecule has 0 spiro atoms. The highest BCUT2D eigenvalue weighted by molar-refractivity contribution is 7.18. The molecule has 3 heterocycles. The minimum absolute atomic E-state index is 0.0419. The summed E-state index contributed by atoms with van der Waals surface area (Å²) in [5.74, 6) is 1.70. The average Bonchev–Trinajstić information content (AvgIpc) is 3.08. The number of carbonyl (C=O) groups is 1. The van der Waals surface area contributed by atoms with Gasteiger partial charge in [-0.3, -0.25) is 4.79 Å². The van der Waals surface area contributed by atoms with Crippen LogP contribution in [-0.2, 0) is 16.0 Å². The topological polar surface area (TPSA) is 64.6 Å². The van der Waals surface area contributed by atoms with Gasteiger partial charge in [0.25, 0.3) is 0 Å². The minimum Gasteiger partial charge on any atom is -0.497 e. The van der Waals surface area contributed by atoms with E-state index in [0.29, 0.717) is 13.0 Å². The van der Waals surface area contributed by atoms with Crippen molar-refractivity contribution < 1.29 is 14.3 Å². The summed E-state index contributed by atoms with van der Waals surface area (Å²) in [5, 5.41) is 1.15. The van der Waals surface area contributed by atoms with Gasteiger partial charge in [-0.1, -0.05) is 12.1 Å². The van der Waals surface area contributed by atoms with Crippen molar-refractivity contribution in [2.24, 2.45) is 5.92 Å². The first kappa shape index (κ1) is 20.6. The predicted molar refractivity (Wildman–Crippen MR) is 119 cm³/mol. The Morgan fingerprint density at radius 2 is 1.90 bits per heavy atom.